The van der Waals surface area contributed by atoms with Crippen molar-refractivity contribution in [2.75, 3.05) is 33.3 Å². The standard InChI is InChI=1S/C18H28N2O2/c1-15-8-4-5-10-17(15)22-13-12-19(3)18(21)14-20-11-7-6-9-16(20)2/h4-5,8,10,16H,6-7,9,11-14H2,1-3H3. The van der Waals surface area contributed by atoms with Crippen LogP contribution in [0.15, 0.2) is 24.3 Å². The molecule has 0 bridgehead atoms. The molecule has 1 aromatic carbocycles. The second-order valence-electron chi connectivity index (χ2n) is 6.24. The smallest absolute Gasteiger partial charge is 0.236 e. The molecule has 4 heteroatoms. The minimum absolute atomic E-state index is 0.183. The largest absolute Gasteiger partial charge is 0.491 e. The fraction of sp³-hybridized carbons (Fsp3) is 0.611. The summed E-state index contributed by atoms with van der Waals surface area (Å²) in [7, 11) is 1.86. The SMILES string of the molecule is Cc1ccccc1OCCN(C)C(=O)CN1CCCCC1C. The van der Waals surface area contributed by atoms with E-state index in [-0.39, 0.29) is 5.91 Å². The van der Waals surface area contributed by atoms with Crippen molar-refractivity contribution in [3.63, 3.8) is 0 Å². The summed E-state index contributed by atoms with van der Waals surface area (Å²) in [6.07, 6.45) is 3.69. The molecule has 4 nitrogen and oxygen atoms in total. The molecule has 0 radical (unpaired) electrons. The first-order chi connectivity index (χ1) is 10.6. The minimum atomic E-state index is 0.183. The lowest BCUT2D eigenvalue weighted by molar-refractivity contribution is -0.132. The van der Waals surface area contributed by atoms with E-state index < -0.39 is 0 Å². The summed E-state index contributed by atoms with van der Waals surface area (Å²) >= 11 is 0. The molecule has 1 fully saturated rings. The number of carbonyl (C=O) groups is 1. The number of rotatable bonds is 6. The van der Waals surface area contributed by atoms with E-state index in [0.29, 0.717) is 25.7 Å². The van der Waals surface area contributed by atoms with Gasteiger partial charge in [-0.25, -0.2) is 0 Å². The lowest BCUT2D eigenvalue weighted by Gasteiger charge is -2.33. The first-order valence-corrected chi connectivity index (χ1v) is 8.24. The maximum atomic E-state index is 12.3. The van der Waals surface area contributed by atoms with Gasteiger partial charge in [-0.05, 0) is 44.9 Å². The van der Waals surface area contributed by atoms with Gasteiger partial charge in [-0.2, -0.15) is 0 Å². The molecule has 0 spiro atoms. The van der Waals surface area contributed by atoms with Gasteiger partial charge in [0.25, 0.3) is 0 Å². The number of hydrogen-bond acceptors (Lipinski definition) is 3. The van der Waals surface area contributed by atoms with Gasteiger partial charge in [-0.3, -0.25) is 9.69 Å². The molecular formula is C18H28N2O2. The summed E-state index contributed by atoms with van der Waals surface area (Å²) in [5, 5.41) is 0. The van der Waals surface area contributed by atoms with Crippen LogP contribution in [0.1, 0.15) is 31.7 Å². The number of aryl methyl sites for hydroxylation is 1. The van der Waals surface area contributed by atoms with Crippen molar-refractivity contribution >= 4 is 5.91 Å². The molecular weight excluding hydrogens is 276 g/mol. The maximum Gasteiger partial charge on any atom is 0.236 e. The number of likely N-dealkylation sites (N-methyl/N-ethyl adjacent to an activating group) is 1. The van der Waals surface area contributed by atoms with E-state index in [1.54, 1.807) is 4.90 Å². The molecule has 1 amide bonds. The Morgan fingerprint density at radius 2 is 2.14 bits per heavy atom. The molecule has 1 heterocycles. The Labute approximate surface area is 134 Å². The van der Waals surface area contributed by atoms with Crippen LogP contribution in [-0.4, -0.2) is 55.0 Å². The predicted molar refractivity (Wildman–Crippen MR) is 89.2 cm³/mol. The lowest BCUT2D eigenvalue weighted by Crippen LogP contribution is -2.45. The van der Waals surface area contributed by atoms with Gasteiger partial charge in [0.1, 0.15) is 12.4 Å². The van der Waals surface area contributed by atoms with E-state index in [0.717, 1.165) is 17.9 Å². The highest BCUT2D eigenvalue weighted by Gasteiger charge is 2.21. The number of piperidine rings is 1. The van der Waals surface area contributed by atoms with E-state index in [2.05, 4.69) is 11.8 Å². The number of ether oxygens (including phenoxy) is 1. The van der Waals surface area contributed by atoms with E-state index in [9.17, 15) is 4.79 Å². The average molecular weight is 304 g/mol. The highest BCUT2D eigenvalue weighted by Crippen LogP contribution is 2.17. The Balaban J connectivity index is 1.73. The van der Waals surface area contributed by atoms with Gasteiger partial charge in [0.2, 0.25) is 5.91 Å². The maximum absolute atomic E-state index is 12.3. The summed E-state index contributed by atoms with van der Waals surface area (Å²) in [4.78, 5) is 16.4. The van der Waals surface area contributed by atoms with Crippen molar-refractivity contribution in [2.45, 2.75) is 39.2 Å². The second kappa shape index (κ2) is 8.18. The highest BCUT2D eigenvalue weighted by atomic mass is 16.5. The first kappa shape index (κ1) is 16.8. The molecule has 2 rings (SSSR count). The third kappa shape index (κ3) is 4.73. The molecule has 1 atom stereocenters. The van der Waals surface area contributed by atoms with Crippen LogP contribution in [0.3, 0.4) is 0 Å². The third-order valence-electron chi connectivity index (χ3n) is 4.48. The summed E-state index contributed by atoms with van der Waals surface area (Å²) in [6.45, 7) is 6.97. The molecule has 1 saturated heterocycles. The Bertz CT molecular complexity index is 490. The van der Waals surface area contributed by atoms with Crippen LogP contribution >= 0.6 is 0 Å². The van der Waals surface area contributed by atoms with Crippen LogP contribution in [0.4, 0.5) is 0 Å². The summed E-state index contributed by atoms with van der Waals surface area (Å²) in [6, 6.07) is 8.48. The van der Waals surface area contributed by atoms with E-state index in [1.165, 1.54) is 19.3 Å². The van der Waals surface area contributed by atoms with Crippen molar-refractivity contribution in [1.82, 2.24) is 9.80 Å². The summed E-state index contributed by atoms with van der Waals surface area (Å²) in [5.41, 5.74) is 1.12. The van der Waals surface area contributed by atoms with Gasteiger partial charge in [0.15, 0.2) is 0 Å². The van der Waals surface area contributed by atoms with Crippen LogP contribution in [0.25, 0.3) is 0 Å². The summed E-state index contributed by atoms with van der Waals surface area (Å²) in [5.74, 6) is 1.08. The van der Waals surface area contributed by atoms with Crippen LogP contribution in [0, 0.1) is 6.92 Å². The topological polar surface area (TPSA) is 32.8 Å². The zero-order chi connectivity index (χ0) is 15.9. The van der Waals surface area contributed by atoms with Gasteiger partial charge >= 0.3 is 0 Å². The second-order valence-corrected chi connectivity index (χ2v) is 6.24. The quantitative estimate of drug-likeness (QED) is 0.810. The van der Waals surface area contributed by atoms with Crippen molar-refractivity contribution in [2.24, 2.45) is 0 Å². The van der Waals surface area contributed by atoms with Gasteiger partial charge in [-0.15, -0.1) is 0 Å². The molecule has 0 saturated carbocycles. The van der Waals surface area contributed by atoms with Crippen molar-refractivity contribution in [3.8, 4) is 5.75 Å². The van der Waals surface area contributed by atoms with Gasteiger partial charge in [-0.1, -0.05) is 24.6 Å². The molecule has 1 aliphatic heterocycles. The summed E-state index contributed by atoms with van der Waals surface area (Å²) < 4.78 is 5.76. The zero-order valence-electron chi connectivity index (χ0n) is 14.0. The van der Waals surface area contributed by atoms with Crippen molar-refractivity contribution in [3.05, 3.63) is 29.8 Å². The van der Waals surface area contributed by atoms with Crippen LogP contribution in [0.2, 0.25) is 0 Å². The van der Waals surface area contributed by atoms with Crippen LogP contribution in [0.5, 0.6) is 5.75 Å². The van der Waals surface area contributed by atoms with E-state index in [4.69, 9.17) is 4.74 Å². The molecule has 1 aromatic rings. The Kier molecular flexibility index (Phi) is 6.25. The number of nitrogens with zero attached hydrogens (tertiary/aromatic N) is 2. The average Bonchev–Trinajstić information content (AvgIpc) is 2.51. The normalized spacial score (nSPS) is 19.0. The number of likely N-dealkylation sites (tertiary alicyclic amines) is 1. The predicted octanol–water partition coefficient (Wildman–Crippen LogP) is 2.71. The van der Waals surface area contributed by atoms with Gasteiger partial charge in [0, 0.05) is 13.1 Å². The van der Waals surface area contributed by atoms with Crippen LogP contribution in [-0.2, 0) is 4.79 Å². The van der Waals surface area contributed by atoms with Crippen LogP contribution < -0.4 is 4.74 Å². The minimum Gasteiger partial charge on any atom is -0.491 e. The number of benzene rings is 1. The first-order valence-electron chi connectivity index (χ1n) is 8.24. The fourth-order valence-electron chi connectivity index (χ4n) is 2.82. The molecule has 1 aliphatic rings. The number of amides is 1. The lowest BCUT2D eigenvalue weighted by atomic mass is 10.0. The third-order valence-corrected chi connectivity index (χ3v) is 4.48. The fourth-order valence-corrected chi connectivity index (χ4v) is 2.82. The monoisotopic (exact) mass is 304 g/mol. The molecule has 0 aromatic heterocycles. The Morgan fingerprint density at radius 1 is 1.36 bits per heavy atom. The zero-order valence-corrected chi connectivity index (χ0v) is 14.0. The van der Waals surface area contributed by atoms with Crippen molar-refractivity contribution < 1.29 is 9.53 Å². The van der Waals surface area contributed by atoms with Crippen molar-refractivity contribution in [1.29, 1.82) is 0 Å². The molecule has 22 heavy (non-hydrogen) atoms. The Morgan fingerprint density at radius 3 is 2.86 bits per heavy atom. The molecule has 0 N–H and O–H groups in total. The molecule has 0 aliphatic carbocycles. The van der Waals surface area contributed by atoms with Gasteiger partial charge in [0.05, 0.1) is 13.1 Å². The van der Waals surface area contributed by atoms with Gasteiger partial charge < -0.3 is 9.64 Å². The highest BCUT2D eigenvalue weighted by molar-refractivity contribution is 5.78. The molecule has 1 unspecified atom stereocenters. The Hall–Kier alpha value is -1.55. The van der Waals surface area contributed by atoms with E-state index in [1.807, 2.05) is 38.2 Å². The number of carbonyl (C=O) groups excluding carboxylic acids is 1. The van der Waals surface area contributed by atoms with E-state index >= 15 is 0 Å². The number of para-hydroxylation sites is 1. The molecule has 122 valence electrons. The number of hydrogen-bond donors (Lipinski definition) is 0.